The predicted molar refractivity (Wildman–Crippen MR) is 76.1 cm³/mol. The first-order valence-corrected chi connectivity index (χ1v) is 8.72. The van der Waals surface area contributed by atoms with Crippen LogP contribution in [-0.4, -0.2) is 40.6 Å². The van der Waals surface area contributed by atoms with Crippen molar-refractivity contribution in [3.63, 3.8) is 0 Å². The monoisotopic (exact) mass is 294 g/mol. The molecule has 0 bridgehead atoms. The van der Waals surface area contributed by atoms with Crippen LogP contribution in [-0.2, 0) is 16.4 Å². The van der Waals surface area contributed by atoms with E-state index in [1.165, 1.54) is 6.26 Å². The summed E-state index contributed by atoms with van der Waals surface area (Å²) in [7, 11) is -2.99. The van der Waals surface area contributed by atoms with Crippen LogP contribution in [0.1, 0.15) is 25.1 Å². The second-order valence-electron chi connectivity index (χ2n) is 5.33. The maximum atomic E-state index is 11.7. The second-order valence-corrected chi connectivity index (χ2v) is 7.60. The summed E-state index contributed by atoms with van der Waals surface area (Å²) in [5.41, 5.74) is 0.801. The first-order chi connectivity index (χ1) is 9.55. The van der Waals surface area contributed by atoms with E-state index in [1.807, 2.05) is 28.8 Å². The minimum Gasteiger partial charge on any atom is -0.306 e. The number of aromatic nitrogens is 3. The van der Waals surface area contributed by atoms with Gasteiger partial charge in [-0.3, -0.25) is 4.40 Å². The van der Waals surface area contributed by atoms with Gasteiger partial charge in [-0.1, -0.05) is 12.5 Å². The zero-order valence-electron chi connectivity index (χ0n) is 11.4. The molecule has 1 aliphatic rings. The van der Waals surface area contributed by atoms with E-state index in [9.17, 15) is 8.42 Å². The second kappa shape index (κ2) is 5.14. The van der Waals surface area contributed by atoms with Crippen molar-refractivity contribution in [3.05, 3.63) is 30.2 Å². The molecule has 20 heavy (non-hydrogen) atoms. The molecule has 0 radical (unpaired) electrons. The fraction of sp³-hybridized carbons (Fsp3) is 0.538. The Morgan fingerprint density at radius 1 is 1.35 bits per heavy atom. The summed E-state index contributed by atoms with van der Waals surface area (Å²) >= 11 is 0. The molecule has 0 aliphatic heterocycles. The summed E-state index contributed by atoms with van der Waals surface area (Å²) in [5.74, 6) is 0.805. The third-order valence-corrected chi connectivity index (χ3v) is 5.57. The molecule has 0 saturated heterocycles. The number of hydrogen-bond acceptors (Lipinski definition) is 5. The number of nitrogens with one attached hydrogen (secondary N) is 1. The Bertz CT molecular complexity index is 710. The number of hydrogen-bond donors (Lipinski definition) is 1. The largest absolute Gasteiger partial charge is 0.306 e. The summed E-state index contributed by atoms with van der Waals surface area (Å²) in [6.07, 6.45) is 5.83. The molecule has 6 nitrogen and oxygen atoms in total. The van der Waals surface area contributed by atoms with E-state index in [0.717, 1.165) is 30.7 Å². The molecular formula is C13H18N4O2S. The van der Waals surface area contributed by atoms with Gasteiger partial charge < -0.3 is 5.32 Å². The lowest BCUT2D eigenvalue weighted by molar-refractivity contribution is 0.498. The fourth-order valence-corrected chi connectivity index (χ4v) is 4.33. The van der Waals surface area contributed by atoms with Crippen molar-refractivity contribution in [3.8, 4) is 0 Å². The van der Waals surface area contributed by atoms with Gasteiger partial charge in [0.05, 0.1) is 11.8 Å². The molecule has 108 valence electrons. The average molecular weight is 294 g/mol. The average Bonchev–Trinajstić information content (AvgIpc) is 3.02. The fourth-order valence-electron chi connectivity index (χ4n) is 2.91. The third kappa shape index (κ3) is 2.55. The topological polar surface area (TPSA) is 76.4 Å². The van der Waals surface area contributed by atoms with Gasteiger partial charge in [0.25, 0.3) is 0 Å². The highest BCUT2D eigenvalue weighted by atomic mass is 32.2. The lowest BCUT2D eigenvalue weighted by atomic mass is 10.2. The number of pyridine rings is 1. The van der Waals surface area contributed by atoms with Crippen LogP contribution in [0.15, 0.2) is 24.4 Å². The Hall–Kier alpha value is -1.47. The van der Waals surface area contributed by atoms with Crippen molar-refractivity contribution >= 4 is 15.5 Å². The minimum absolute atomic E-state index is 0.0149. The molecule has 3 rings (SSSR count). The maximum absolute atomic E-state index is 11.7. The van der Waals surface area contributed by atoms with Crippen LogP contribution in [0.25, 0.3) is 5.65 Å². The Kier molecular flexibility index (Phi) is 3.47. The number of nitrogens with zero attached hydrogens (tertiary/aromatic N) is 3. The molecule has 0 aromatic carbocycles. The van der Waals surface area contributed by atoms with Gasteiger partial charge in [0, 0.05) is 18.5 Å². The predicted octanol–water partition coefficient (Wildman–Crippen LogP) is 0.785. The van der Waals surface area contributed by atoms with Gasteiger partial charge in [-0.05, 0) is 25.0 Å². The van der Waals surface area contributed by atoms with Crippen molar-refractivity contribution in [2.75, 3.05) is 6.26 Å². The zero-order valence-corrected chi connectivity index (χ0v) is 12.2. The summed E-state index contributed by atoms with van der Waals surface area (Å²) in [4.78, 5) is 0. The van der Waals surface area contributed by atoms with E-state index in [2.05, 4.69) is 15.5 Å². The Morgan fingerprint density at radius 3 is 3.00 bits per heavy atom. The molecule has 1 aliphatic carbocycles. The standard InChI is InChI=1S/C13H18N4O2S/c1-20(18,19)11-6-4-5-10(11)14-9-13-16-15-12-7-2-3-8-17(12)13/h2-3,7-8,10-11,14H,4-6,9H2,1H3. The molecule has 2 aromatic heterocycles. The van der Waals surface area contributed by atoms with Crippen molar-refractivity contribution in [2.45, 2.75) is 37.1 Å². The highest BCUT2D eigenvalue weighted by molar-refractivity contribution is 7.91. The molecule has 7 heteroatoms. The summed E-state index contributed by atoms with van der Waals surface area (Å²) in [6, 6.07) is 5.75. The normalized spacial score (nSPS) is 23.4. The van der Waals surface area contributed by atoms with Gasteiger partial charge in [0.1, 0.15) is 0 Å². The number of fused-ring (bicyclic) bond motifs is 1. The summed E-state index contributed by atoms with van der Waals surface area (Å²) in [6.45, 7) is 0.530. The minimum atomic E-state index is -2.99. The van der Waals surface area contributed by atoms with Crippen LogP contribution in [0, 0.1) is 0 Å². The van der Waals surface area contributed by atoms with Gasteiger partial charge in [0.2, 0.25) is 0 Å². The lowest BCUT2D eigenvalue weighted by Gasteiger charge is -2.18. The molecule has 0 spiro atoms. The van der Waals surface area contributed by atoms with Crippen LogP contribution in [0.4, 0.5) is 0 Å². The van der Waals surface area contributed by atoms with E-state index in [1.54, 1.807) is 0 Å². The highest BCUT2D eigenvalue weighted by Crippen LogP contribution is 2.25. The van der Waals surface area contributed by atoms with Crippen molar-refractivity contribution in [2.24, 2.45) is 0 Å². The van der Waals surface area contributed by atoms with Gasteiger partial charge in [-0.2, -0.15) is 0 Å². The Balaban J connectivity index is 1.73. The molecule has 2 heterocycles. The quantitative estimate of drug-likeness (QED) is 0.902. The van der Waals surface area contributed by atoms with Crippen LogP contribution in [0.2, 0.25) is 0 Å². The van der Waals surface area contributed by atoms with Crippen LogP contribution < -0.4 is 5.32 Å². The van der Waals surface area contributed by atoms with Gasteiger partial charge >= 0.3 is 0 Å². The lowest BCUT2D eigenvalue weighted by Crippen LogP contribution is -2.39. The summed E-state index contributed by atoms with van der Waals surface area (Å²) in [5, 5.41) is 11.3. The van der Waals surface area contributed by atoms with Crippen molar-refractivity contribution in [1.82, 2.24) is 19.9 Å². The summed E-state index contributed by atoms with van der Waals surface area (Å²) < 4.78 is 25.4. The Labute approximate surface area is 118 Å². The van der Waals surface area contributed by atoms with Gasteiger partial charge in [-0.15, -0.1) is 10.2 Å². The molecule has 1 N–H and O–H groups in total. The van der Waals surface area contributed by atoms with E-state index < -0.39 is 9.84 Å². The van der Waals surface area contributed by atoms with E-state index in [4.69, 9.17) is 0 Å². The third-order valence-electron chi connectivity index (χ3n) is 3.91. The molecule has 2 unspecified atom stereocenters. The smallest absolute Gasteiger partial charge is 0.160 e. The zero-order chi connectivity index (χ0) is 14.2. The van der Waals surface area contributed by atoms with E-state index in [-0.39, 0.29) is 11.3 Å². The SMILES string of the molecule is CS(=O)(=O)C1CCCC1NCc1nnc2ccccn12. The van der Waals surface area contributed by atoms with Crippen LogP contribution in [0.5, 0.6) is 0 Å². The molecule has 0 amide bonds. The molecule has 2 aromatic rings. The molecular weight excluding hydrogens is 276 g/mol. The van der Waals surface area contributed by atoms with Crippen molar-refractivity contribution in [1.29, 1.82) is 0 Å². The van der Waals surface area contributed by atoms with Gasteiger partial charge in [-0.25, -0.2) is 8.42 Å². The molecule has 1 saturated carbocycles. The first-order valence-electron chi connectivity index (χ1n) is 6.76. The Morgan fingerprint density at radius 2 is 2.20 bits per heavy atom. The van der Waals surface area contributed by atoms with Crippen LogP contribution >= 0.6 is 0 Å². The molecule has 1 fully saturated rings. The van der Waals surface area contributed by atoms with E-state index >= 15 is 0 Å². The van der Waals surface area contributed by atoms with Crippen molar-refractivity contribution < 1.29 is 8.42 Å². The number of rotatable bonds is 4. The molecule has 2 atom stereocenters. The highest BCUT2D eigenvalue weighted by Gasteiger charge is 2.34. The first kappa shape index (κ1) is 13.5. The van der Waals surface area contributed by atoms with Crippen LogP contribution in [0.3, 0.4) is 0 Å². The maximum Gasteiger partial charge on any atom is 0.160 e. The van der Waals surface area contributed by atoms with E-state index in [0.29, 0.717) is 6.54 Å². The van der Waals surface area contributed by atoms with Gasteiger partial charge in [0.15, 0.2) is 21.3 Å². The number of sulfone groups is 1.